The third-order valence-electron chi connectivity index (χ3n) is 6.53. The number of hydrogen-bond acceptors (Lipinski definition) is 5. The number of nitrogens with zero attached hydrogens (tertiary/aromatic N) is 5. The van der Waals surface area contributed by atoms with Gasteiger partial charge in [0, 0.05) is 23.7 Å². The lowest BCUT2D eigenvalue weighted by Gasteiger charge is -2.37. The van der Waals surface area contributed by atoms with Crippen molar-refractivity contribution in [2.75, 3.05) is 37.7 Å². The maximum Gasteiger partial charge on any atom is 0.209 e. The van der Waals surface area contributed by atoms with Crippen LogP contribution in [0.4, 0.5) is 5.69 Å². The van der Waals surface area contributed by atoms with E-state index in [4.69, 9.17) is 16.3 Å². The van der Waals surface area contributed by atoms with Gasteiger partial charge in [0.05, 0.1) is 38.8 Å². The molecule has 0 amide bonds. The molecular weight excluding hydrogens is 400 g/mol. The third kappa shape index (κ3) is 4.95. The molecule has 2 aliphatic rings. The second kappa shape index (κ2) is 10.1. The maximum atomic E-state index is 6.26. The minimum absolute atomic E-state index is 0.247. The number of nitrogens with one attached hydrogen (secondary N) is 1. The summed E-state index contributed by atoms with van der Waals surface area (Å²) in [4.78, 5) is 4.06. The maximum absolute atomic E-state index is 6.26. The summed E-state index contributed by atoms with van der Waals surface area (Å²) in [5, 5.41) is 13.7. The zero-order valence-electron chi connectivity index (χ0n) is 18.2. The van der Waals surface area contributed by atoms with Crippen LogP contribution in [0.15, 0.2) is 18.2 Å². The molecule has 2 aromatic rings. The van der Waals surface area contributed by atoms with Crippen LogP contribution in [0.3, 0.4) is 0 Å². The monoisotopic (exact) mass is 433 g/mol. The molecule has 2 aliphatic heterocycles. The van der Waals surface area contributed by atoms with Crippen molar-refractivity contribution >= 4 is 17.3 Å². The van der Waals surface area contributed by atoms with Crippen molar-refractivity contribution in [2.24, 2.45) is 0 Å². The van der Waals surface area contributed by atoms with Crippen LogP contribution in [0.1, 0.15) is 56.5 Å². The normalized spacial score (nSPS) is 21.3. The molecule has 164 valence electrons. The molecule has 1 N–H and O–H groups in total. The van der Waals surface area contributed by atoms with Gasteiger partial charge in [-0.15, -0.1) is 5.10 Å². The molecule has 8 heteroatoms. The standard InChI is InChI=1S/C22H33ClN6O/c1-3-4-7-20(22-24-25-26-29(22)16-19-6-5-14-30-19)27-10-12-28(13-11-27)21-15-18(23)9-8-17(21)2/h8-9,15,19-20H,3-7,10-14,16H2,1-2H3/p+1/t19-,20+/m1/s1. The van der Waals surface area contributed by atoms with Gasteiger partial charge in [-0.25, -0.2) is 4.68 Å². The van der Waals surface area contributed by atoms with Gasteiger partial charge in [0.25, 0.3) is 0 Å². The molecule has 30 heavy (non-hydrogen) atoms. The van der Waals surface area contributed by atoms with E-state index < -0.39 is 0 Å². The number of aryl methyl sites for hydroxylation is 1. The van der Waals surface area contributed by atoms with E-state index in [1.165, 1.54) is 24.1 Å². The second-order valence-corrected chi connectivity index (χ2v) is 9.06. The summed E-state index contributed by atoms with van der Waals surface area (Å²) < 4.78 is 7.84. The van der Waals surface area contributed by atoms with Crippen LogP contribution < -0.4 is 9.80 Å². The number of tetrazole rings is 1. The van der Waals surface area contributed by atoms with Crippen molar-refractivity contribution in [3.8, 4) is 0 Å². The van der Waals surface area contributed by atoms with E-state index in [2.05, 4.69) is 46.4 Å². The van der Waals surface area contributed by atoms with Crippen molar-refractivity contribution in [3.63, 3.8) is 0 Å². The lowest BCUT2D eigenvalue weighted by atomic mass is 10.1. The summed E-state index contributed by atoms with van der Waals surface area (Å²) >= 11 is 6.26. The number of halogens is 1. The molecule has 1 aromatic carbocycles. The summed E-state index contributed by atoms with van der Waals surface area (Å²) in [6.45, 7) is 10.2. The highest BCUT2D eigenvalue weighted by molar-refractivity contribution is 6.30. The van der Waals surface area contributed by atoms with Gasteiger partial charge in [0.2, 0.25) is 5.82 Å². The van der Waals surface area contributed by atoms with Crippen LogP contribution in [0.25, 0.3) is 0 Å². The number of aromatic nitrogens is 4. The van der Waals surface area contributed by atoms with E-state index in [9.17, 15) is 0 Å². The Labute approximate surface area is 184 Å². The van der Waals surface area contributed by atoms with Gasteiger partial charge < -0.3 is 14.5 Å². The Morgan fingerprint density at radius 1 is 1.30 bits per heavy atom. The van der Waals surface area contributed by atoms with E-state index >= 15 is 0 Å². The van der Waals surface area contributed by atoms with Crippen LogP contribution in [-0.4, -0.2) is 59.1 Å². The molecule has 7 nitrogen and oxygen atoms in total. The fraction of sp³-hybridized carbons (Fsp3) is 0.682. The van der Waals surface area contributed by atoms with Crippen molar-refractivity contribution in [1.82, 2.24) is 20.2 Å². The average molecular weight is 434 g/mol. The number of ether oxygens (including phenoxy) is 1. The molecule has 0 spiro atoms. The molecule has 0 bridgehead atoms. The number of quaternary nitrogens is 1. The first-order valence-corrected chi connectivity index (χ1v) is 11.8. The van der Waals surface area contributed by atoms with Crippen LogP contribution in [0.2, 0.25) is 5.02 Å². The van der Waals surface area contributed by atoms with Gasteiger partial charge in [-0.1, -0.05) is 31.0 Å². The van der Waals surface area contributed by atoms with Gasteiger partial charge in [-0.05, 0) is 54.3 Å². The summed E-state index contributed by atoms with van der Waals surface area (Å²) in [6, 6.07) is 6.51. The quantitative estimate of drug-likeness (QED) is 0.692. The fourth-order valence-corrected chi connectivity index (χ4v) is 4.97. The van der Waals surface area contributed by atoms with Crippen molar-refractivity contribution < 1.29 is 9.64 Å². The first-order valence-electron chi connectivity index (χ1n) is 11.4. The van der Waals surface area contributed by atoms with E-state index in [0.717, 1.165) is 69.4 Å². The molecule has 2 fully saturated rings. The first-order chi connectivity index (χ1) is 14.7. The van der Waals surface area contributed by atoms with E-state index in [1.54, 1.807) is 4.90 Å². The Bertz CT molecular complexity index is 814. The van der Waals surface area contributed by atoms with Crippen molar-refractivity contribution in [2.45, 2.75) is 64.6 Å². The van der Waals surface area contributed by atoms with E-state index in [0.29, 0.717) is 6.04 Å². The van der Waals surface area contributed by atoms with Gasteiger partial charge in [0.15, 0.2) is 0 Å². The smallest absolute Gasteiger partial charge is 0.209 e. The van der Waals surface area contributed by atoms with Gasteiger partial charge in [-0.3, -0.25) is 0 Å². The molecule has 0 saturated carbocycles. The molecule has 2 saturated heterocycles. The Morgan fingerprint density at radius 2 is 2.13 bits per heavy atom. The number of unbranched alkanes of at least 4 members (excludes halogenated alkanes) is 1. The summed E-state index contributed by atoms with van der Waals surface area (Å²) in [7, 11) is 0. The van der Waals surface area contributed by atoms with Crippen LogP contribution >= 0.6 is 11.6 Å². The lowest BCUT2D eigenvalue weighted by molar-refractivity contribution is -0.933. The number of anilines is 1. The molecule has 0 radical (unpaired) electrons. The molecule has 4 rings (SSSR count). The minimum Gasteiger partial charge on any atom is -0.376 e. The highest BCUT2D eigenvalue weighted by atomic mass is 35.5. The third-order valence-corrected chi connectivity index (χ3v) is 6.76. The SMILES string of the molecule is CCCC[C@@H](c1nnnn1C[C@H]1CCCO1)[NH+]1CCN(c2cc(Cl)ccc2C)CC1. The Hall–Kier alpha value is -1.70. The second-order valence-electron chi connectivity index (χ2n) is 8.63. The van der Waals surface area contributed by atoms with Crippen LogP contribution in [0, 0.1) is 6.92 Å². The minimum atomic E-state index is 0.247. The highest BCUT2D eigenvalue weighted by Gasteiger charge is 2.33. The zero-order valence-corrected chi connectivity index (χ0v) is 18.9. The Balaban J connectivity index is 1.46. The largest absolute Gasteiger partial charge is 0.376 e. The van der Waals surface area contributed by atoms with Gasteiger partial charge in [0.1, 0.15) is 6.04 Å². The predicted molar refractivity (Wildman–Crippen MR) is 118 cm³/mol. The van der Waals surface area contributed by atoms with Crippen LogP contribution in [-0.2, 0) is 11.3 Å². The molecular formula is C22H34ClN6O+. The number of benzene rings is 1. The molecule has 0 aliphatic carbocycles. The zero-order chi connectivity index (χ0) is 20.9. The number of rotatable bonds is 8. The predicted octanol–water partition coefficient (Wildman–Crippen LogP) is 2.45. The van der Waals surface area contributed by atoms with Crippen molar-refractivity contribution in [3.05, 3.63) is 34.6 Å². The first kappa shape index (κ1) is 21.5. The molecule has 2 atom stereocenters. The fourth-order valence-electron chi connectivity index (χ4n) is 4.80. The topological polar surface area (TPSA) is 60.5 Å². The average Bonchev–Trinajstić information content (AvgIpc) is 3.44. The Kier molecular flexibility index (Phi) is 7.23. The van der Waals surface area contributed by atoms with Gasteiger partial charge >= 0.3 is 0 Å². The molecule has 3 heterocycles. The van der Waals surface area contributed by atoms with E-state index in [-0.39, 0.29) is 6.10 Å². The van der Waals surface area contributed by atoms with E-state index in [1.807, 2.05) is 10.7 Å². The Morgan fingerprint density at radius 3 is 2.87 bits per heavy atom. The number of hydrogen-bond donors (Lipinski definition) is 1. The number of piperazine rings is 1. The lowest BCUT2D eigenvalue weighted by Crippen LogP contribution is -3.15. The van der Waals surface area contributed by atoms with Gasteiger partial charge in [-0.2, -0.15) is 0 Å². The summed E-state index contributed by atoms with van der Waals surface area (Å²) in [5.74, 6) is 1.03. The highest BCUT2D eigenvalue weighted by Crippen LogP contribution is 2.25. The summed E-state index contributed by atoms with van der Waals surface area (Å²) in [6.07, 6.45) is 5.98. The summed E-state index contributed by atoms with van der Waals surface area (Å²) in [5.41, 5.74) is 2.54. The molecule has 0 unspecified atom stereocenters. The van der Waals surface area contributed by atoms with Crippen molar-refractivity contribution in [1.29, 1.82) is 0 Å². The van der Waals surface area contributed by atoms with Crippen LogP contribution in [0.5, 0.6) is 0 Å². The molecule has 1 aromatic heterocycles.